The molecule has 23 heavy (non-hydrogen) atoms. The van der Waals surface area contributed by atoms with Crippen molar-refractivity contribution in [3.63, 3.8) is 0 Å². The first-order valence-corrected chi connectivity index (χ1v) is 8.34. The number of aliphatic hydroxyl groups is 1. The minimum absolute atomic E-state index is 0.0161. The Morgan fingerprint density at radius 3 is 2.70 bits per heavy atom. The van der Waals surface area contributed by atoms with E-state index < -0.39 is 0 Å². The number of rotatable bonds is 4. The number of aryl methyl sites for hydroxylation is 2. The summed E-state index contributed by atoms with van der Waals surface area (Å²) >= 11 is 0. The Labute approximate surface area is 136 Å². The van der Waals surface area contributed by atoms with E-state index >= 15 is 0 Å². The molecule has 2 atom stereocenters. The highest BCUT2D eigenvalue weighted by atomic mass is 16.5. The van der Waals surface area contributed by atoms with Crippen molar-refractivity contribution in [3.05, 3.63) is 23.2 Å². The highest BCUT2D eigenvalue weighted by molar-refractivity contribution is 5.95. The Morgan fingerprint density at radius 1 is 1.48 bits per heavy atom. The summed E-state index contributed by atoms with van der Waals surface area (Å²) in [5.41, 5.74) is 5.94. The number of carbonyl (C=O) groups is 1. The maximum absolute atomic E-state index is 12.6. The molecule has 1 aromatic rings. The molecule has 6 nitrogen and oxygen atoms in total. The minimum atomic E-state index is -0.333. The number of ether oxygens (including phenoxy) is 1. The fourth-order valence-electron chi connectivity index (χ4n) is 3.97. The predicted molar refractivity (Wildman–Crippen MR) is 85.2 cm³/mol. The van der Waals surface area contributed by atoms with Crippen LogP contribution < -0.4 is 5.73 Å². The topological polar surface area (TPSA) is 88.9 Å². The maximum Gasteiger partial charge on any atom is 0.257 e. The molecule has 3 rings (SSSR count). The van der Waals surface area contributed by atoms with Crippen molar-refractivity contribution in [3.8, 4) is 0 Å². The van der Waals surface area contributed by atoms with Crippen LogP contribution in [0.4, 0.5) is 0 Å². The van der Waals surface area contributed by atoms with Crippen LogP contribution in [0, 0.1) is 19.3 Å². The summed E-state index contributed by atoms with van der Waals surface area (Å²) in [6.45, 7) is 5.96. The van der Waals surface area contributed by atoms with Gasteiger partial charge in [0.1, 0.15) is 11.5 Å². The van der Waals surface area contributed by atoms with Crippen molar-refractivity contribution in [2.75, 3.05) is 26.2 Å². The normalized spacial score (nSPS) is 26.3. The number of nitrogens with zero attached hydrogens (tertiary/aromatic N) is 1. The van der Waals surface area contributed by atoms with Gasteiger partial charge in [0.2, 0.25) is 0 Å². The number of piperidine rings is 1. The lowest BCUT2D eigenvalue weighted by Gasteiger charge is -2.56. The van der Waals surface area contributed by atoms with Crippen molar-refractivity contribution in [1.82, 2.24) is 4.90 Å². The second kappa shape index (κ2) is 6.26. The fraction of sp³-hybridized carbons (Fsp3) is 0.706. The average molecular weight is 322 g/mol. The maximum atomic E-state index is 12.6. The van der Waals surface area contributed by atoms with E-state index in [1.54, 1.807) is 6.07 Å². The number of hydrogen-bond acceptors (Lipinski definition) is 5. The highest BCUT2D eigenvalue weighted by Crippen LogP contribution is 2.51. The second-order valence-electron chi connectivity index (χ2n) is 6.75. The summed E-state index contributed by atoms with van der Waals surface area (Å²) in [4.78, 5) is 14.5. The fourth-order valence-corrected chi connectivity index (χ4v) is 3.97. The molecule has 3 N–H and O–H groups in total. The molecular weight excluding hydrogens is 296 g/mol. The molecule has 1 aliphatic heterocycles. The van der Waals surface area contributed by atoms with Gasteiger partial charge in [0.05, 0.1) is 24.4 Å². The van der Waals surface area contributed by atoms with Crippen molar-refractivity contribution in [2.24, 2.45) is 11.1 Å². The smallest absolute Gasteiger partial charge is 0.257 e. The molecule has 1 saturated carbocycles. The first-order valence-electron chi connectivity index (χ1n) is 8.34. The van der Waals surface area contributed by atoms with E-state index in [9.17, 15) is 9.90 Å². The zero-order valence-electron chi connectivity index (χ0n) is 13.9. The summed E-state index contributed by atoms with van der Waals surface area (Å²) in [7, 11) is 0. The van der Waals surface area contributed by atoms with Gasteiger partial charge in [-0.15, -0.1) is 0 Å². The summed E-state index contributed by atoms with van der Waals surface area (Å²) in [5.74, 6) is 1.44. The van der Waals surface area contributed by atoms with E-state index in [4.69, 9.17) is 14.9 Å². The second-order valence-corrected chi connectivity index (χ2v) is 6.75. The molecule has 1 amide bonds. The minimum Gasteiger partial charge on any atom is -0.466 e. The van der Waals surface area contributed by atoms with E-state index in [2.05, 4.69) is 0 Å². The van der Waals surface area contributed by atoms with E-state index in [1.807, 2.05) is 18.7 Å². The summed E-state index contributed by atoms with van der Waals surface area (Å²) in [5, 5.41) is 10.3. The number of furan rings is 1. The van der Waals surface area contributed by atoms with Crippen LogP contribution in [0.2, 0.25) is 0 Å². The van der Waals surface area contributed by atoms with Gasteiger partial charge in [-0.3, -0.25) is 4.79 Å². The van der Waals surface area contributed by atoms with Crippen LogP contribution in [0.15, 0.2) is 10.5 Å². The lowest BCUT2D eigenvalue weighted by molar-refractivity contribution is -0.207. The summed E-state index contributed by atoms with van der Waals surface area (Å²) in [6.07, 6.45) is 1.95. The number of amides is 1. The van der Waals surface area contributed by atoms with Gasteiger partial charge in [0.15, 0.2) is 0 Å². The third-order valence-corrected chi connectivity index (χ3v) is 5.43. The molecule has 0 bridgehead atoms. The van der Waals surface area contributed by atoms with Gasteiger partial charge in [-0.2, -0.15) is 0 Å². The summed E-state index contributed by atoms with van der Waals surface area (Å²) < 4.78 is 11.2. The highest BCUT2D eigenvalue weighted by Gasteiger charge is 2.56. The molecule has 0 radical (unpaired) electrons. The van der Waals surface area contributed by atoms with Crippen LogP contribution in [-0.4, -0.2) is 54.4 Å². The third-order valence-electron chi connectivity index (χ3n) is 5.43. The van der Waals surface area contributed by atoms with Crippen LogP contribution in [0.1, 0.15) is 41.1 Å². The Hall–Kier alpha value is -1.37. The number of aliphatic hydroxyl groups excluding tert-OH is 1. The van der Waals surface area contributed by atoms with Crippen LogP contribution >= 0.6 is 0 Å². The quantitative estimate of drug-likeness (QED) is 0.870. The average Bonchev–Trinajstić information content (AvgIpc) is 2.89. The molecule has 2 fully saturated rings. The molecule has 1 spiro atoms. The molecule has 2 heterocycles. The molecule has 6 heteroatoms. The molecule has 0 aromatic carbocycles. The van der Waals surface area contributed by atoms with Gasteiger partial charge < -0.3 is 24.9 Å². The molecule has 1 saturated heterocycles. The van der Waals surface area contributed by atoms with E-state index in [0.717, 1.165) is 18.6 Å². The van der Waals surface area contributed by atoms with Gasteiger partial charge in [0, 0.05) is 31.5 Å². The van der Waals surface area contributed by atoms with E-state index in [-0.39, 0.29) is 23.5 Å². The van der Waals surface area contributed by atoms with Crippen molar-refractivity contribution in [2.45, 2.75) is 45.3 Å². The lowest BCUT2D eigenvalue weighted by Crippen LogP contribution is -2.62. The van der Waals surface area contributed by atoms with Gasteiger partial charge >= 0.3 is 0 Å². The number of nitrogens with two attached hydrogens (primary N) is 1. The van der Waals surface area contributed by atoms with E-state index in [0.29, 0.717) is 44.0 Å². The molecule has 0 unspecified atom stereocenters. The Morgan fingerprint density at radius 2 is 2.17 bits per heavy atom. The first-order chi connectivity index (χ1) is 11.0. The third kappa shape index (κ3) is 2.79. The SMILES string of the molecule is Cc1cc(C(=O)N2CCC3(CC2)[C@@H](O)C[C@H]3OCCN)c(C)o1. The number of likely N-dealkylation sites (tertiary alicyclic amines) is 1. The van der Waals surface area contributed by atoms with Gasteiger partial charge in [-0.25, -0.2) is 0 Å². The van der Waals surface area contributed by atoms with Gasteiger partial charge in [-0.1, -0.05) is 0 Å². The van der Waals surface area contributed by atoms with Crippen molar-refractivity contribution in [1.29, 1.82) is 0 Å². The van der Waals surface area contributed by atoms with Crippen molar-refractivity contribution < 1.29 is 19.1 Å². The van der Waals surface area contributed by atoms with Crippen LogP contribution in [0.5, 0.6) is 0 Å². The summed E-state index contributed by atoms with van der Waals surface area (Å²) in [6, 6.07) is 1.80. The van der Waals surface area contributed by atoms with Gasteiger partial charge in [0.25, 0.3) is 5.91 Å². The molecule has 1 aromatic heterocycles. The Bertz CT molecular complexity index is 575. The van der Waals surface area contributed by atoms with Crippen molar-refractivity contribution >= 4 is 5.91 Å². The van der Waals surface area contributed by atoms with Crippen LogP contribution in [0.25, 0.3) is 0 Å². The first kappa shape index (κ1) is 16.5. The zero-order valence-corrected chi connectivity index (χ0v) is 13.9. The standard InChI is InChI=1S/C17H26N2O4/c1-11-9-13(12(2)23-11)16(21)19-6-3-17(4-7-19)14(20)10-15(17)22-8-5-18/h9,14-15,20H,3-8,10,18H2,1-2H3/t14-,15+/m0/s1. The number of hydrogen-bond donors (Lipinski definition) is 2. The predicted octanol–water partition coefficient (Wildman–Crippen LogP) is 1.23. The van der Waals surface area contributed by atoms with E-state index in [1.165, 1.54) is 0 Å². The van der Waals surface area contributed by atoms with Crippen LogP contribution in [0.3, 0.4) is 0 Å². The molecule has 2 aliphatic rings. The van der Waals surface area contributed by atoms with Crippen LogP contribution in [-0.2, 0) is 4.74 Å². The van der Waals surface area contributed by atoms with Gasteiger partial charge in [-0.05, 0) is 32.8 Å². The number of carbonyl (C=O) groups excluding carboxylic acids is 1. The monoisotopic (exact) mass is 322 g/mol. The molecule has 1 aliphatic carbocycles. The Balaban J connectivity index is 1.64. The zero-order chi connectivity index (χ0) is 16.6. The molecular formula is C17H26N2O4. The molecule has 128 valence electrons. The Kier molecular flexibility index (Phi) is 4.49. The largest absolute Gasteiger partial charge is 0.466 e. The lowest BCUT2D eigenvalue weighted by atomic mass is 9.58.